The fourth-order valence-electron chi connectivity index (χ4n) is 2.03. The first-order valence-electron chi connectivity index (χ1n) is 7.25. The Kier molecular flexibility index (Phi) is 4.82. The molecule has 110 valence electrons. The number of hydrogen-bond acceptors (Lipinski definition) is 2. The normalized spacial score (nSPS) is 14.5. The summed E-state index contributed by atoms with van der Waals surface area (Å²) in [6, 6.07) is 17.7. The molecule has 2 aromatic rings. The third kappa shape index (κ3) is 4.28. The van der Waals surface area contributed by atoms with Crippen LogP contribution in [0.5, 0.6) is 0 Å². The molecule has 4 heteroatoms. The van der Waals surface area contributed by atoms with E-state index in [-0.39, 0.29) is 4.90 Å². The molecule has 0 heterocycles. The molecule has 0 fully saturated rings. The summed E-state index contributed by atoms with van der Waals surface area (Å²) < 4.78 is 35.2. The summed E-state index contributed by atoms with van der Waals surface area (Å²) in [5, 5.41) is 0. The summed E-state index contributed by atoms with van der Waals surface area (Å²) in [5.41, 5.74) is 0.875. The minimum atomic E-state index is -3.60. The van der Waals surface area contributed by atoms with Crippen molar-refractivity contribution in [1.29, 1.82) is 0 Å². The highest BCUT2D eigenvalue weighted by atomic mass is 32.2. The first kappa shape index (κ1) is 14.0. The van der Waals surface area contributed by atoms with Crippen LogP contribution in [0.1, 0.15) is 26.3 Å². The fourth-order valence-corrected chi connectivity index (χ4v) is 3.29. The summed E-state index contributed by atoms with van der Waals surface area (Å²) in [6.45, 7) is 1.67. The lowest BCUT2D eigenvalue weighted by molar-refractivity contribution is 0.557. The average molecular weight is 302 g/mol. The number of sulfonamides is 1. The van der Waals surface area contributed by atoms with Gasteiger partial charge in [0, 0.05) is 0 Å². The lowest BCUT2D eigenvalue weighted by atomic mass is 10.0. The van der Waals surface area contributed by atoms with Crippen LogP contribution >= 0.6 is 0 Å². The first-order chi connectivity index (χ1) is 10.5. The van der Waals surface area contributed by atoms with E-state index in [1.54, 1.807) is 43.3 Å². The zero-order valence-corrected chi connectivity index (χ0v) is 12.7. The quantitative estimate of drug-likeness (QED) is 0.828. The van der Waals surface area contributed by atoms with Gasteiger partial charge in [0.15, 0.2) is 0 Å². The molecule has 0 aromatic heterocycles. The van der Waals surface area contributed by atoms with Crippen LogP contribution < -0.4 is 4.72 Å². The smallest absolute Gasteiger partial charge is 0.207 e. The Morgan fingerprint density at radius 1 is 1.10 bits per heavy atom. The minimum absolute atomic E-state index is 0.238. The molecule has 0 spiro atoms. The third-order valence-corrected chi connectivity index (χ3v) is 4.60. The van der Waals surface area contributed by atoms with E-state index in [1.165, 1.54) is 0 Å². The van der Waals surface area contributed by atoms with Gasteiger partial charge in [-0.2, -0.15) is 0 Å². The van der Waals surface area contributed by atoms with Gasteiger partial charge in [0.1, 0.15) is 0 Å². The van der Waals surface area contributed by atoms with Gasteiger partial charge >= 0.3 is 0 Å². The molecule has 2 aromatic carbocycles. The van der Waals surface area contributed by atoms with E-state index in [9.17, 15) is 8.42 Å². The topological polar surface area (TPSA) is 46.2 Å². The summed E-state index contributed by atoms with van der Waals surface area (Å²) >= 11 is 0. The molecule has 0 saturated heterocycles. The highest BCUT2D eigenvalue weighted by molar-refractivity contribution is 7.89. The van der Waals surface area contributed by atoms with Gasteiger partial charge in [0.25, 0.3) is 0 Å². The SMILES string of the molecule is [2H]/C(C)=C/CC(NS(=O)(=O)c1ccccc1)c1ccccc1. The van der Waals surface area contributed by atoms with Gasteiger partial charge < -0.3 is 0 Å². The highest BCUT2D eigenvalue weighted by Gasteiger charge is 2.20. The standard InChI is InChI=1S/C17H19NO2S/c1-2-3-14-17(15-10-6-4-7-11-15)18-21(19,20)16-12-8-5-9-13-16/h2-13,17-18H,14H2,1H3/b3-2-/i2D. The van der Waals surface area contributed by atoms with Crippen LogP contribution in [0, 0.1) is 0 Å². The minimum Gasteiger partial charge on any atom is -0.207 e. The van der Waals surface area contributed by atoms with Crippen molar-refractivity contribution < 1.29 is 9.79 Å². The van der Waals surface area contributed by atoms with Gasteiger partial charge in [-0.3, -0.25) is 0 Å². The maximum atomic E-state index is 12.5. The predicted octanol–water partition coefficient (Wildman–Crippen LogP) is 3.67. The van der Waals surface area contributed by atoms with Gasteiger partial charge in [0.05, 0.1) is 12.3 Å². The lowest BCUT2D eigenvalue weighted by Crippen LogP contribution is -2.28. The molecule has 0 saturated carbocycles. The van der Waals surface area contributed by atoms with Crippen molar-refractivity contribution >= 4 is 10.0 Å². The number of nitrogens with one attached hydrogen (secondary N) is 1. The molecule has 0 radical (unpaired) electrons. The fraction of sp³-hybridized carbons (Fsp3) is 0.176. The van der Waals surface area contributed by atoms with E-state index in [4.69, 9.17) is 1.37 Å². The molecule has 0 bridgehead atoms. The van der Waals surface area contributed by atoms with Crippen molar-refractivity contribution in [3.8, 4) is 0 Å². The monoisotopic (exact) mass is 302 g/mol. The van der Waals surface area contributed by atoms with Crippen LogP contribution in [0.3, 0.4) is 0 Å². The molecule has 0 aliphatic carbocycles. The van der Waals surface area contributed by atoms with Crippen LogP contribution in [-0.4, -0.2) is 8.42 Å². The number of benzene rings is 2. The molecule has 0 aliphatic heterocycles. The van der Waals surface area contributed by atoms with Crippen molar-refractivity contribution in [3.63, 3.8) is 0 Å². The van der Waals surface area contributed by atoms with E-state index >= 15 is 0 Å². The Balaban J connectivity index is 2.29. The Hall–Kier alpha value is -1.91. The van der Waals surface area contributed by atoms with Gasteiger partial charge in [-0.25, -0.2) is 13.1 Å². The van der Waals surface area contributed by atoms with E-state index in [0.717, 1.165) is 5.56 Å². The van der Waals surface area contributed by atoms with Crippen molar-refractivity contribution in [2.75, 3.05) is 0 Å². The first-order valence-corrected chi connectivity index (χ1v) is 8.23. The molecule has 21 heavy (non-hydrogen) atoms. The van der Waals surface area contributed by atoms with Crippen LogP contribution in [0.25, 0.3) is 0 Å². The molecule has 2 rings (SSSR count). The predicted molar refractivity (Wildman–Crippen MR) is 85.4 cm³/mol. The molecule has 1 N–H and O–H groups in total. The largest absolute Gasteiger partial charge is 0.241 e. The highest BCUT2D eigenvalue weighted by Crippen LogP contribution is 2.20. The molecular formula is C17H19NO2S. The van der Waals surface area contributed by atoms with Crippen molar-refractivity contribution in [2.24, 2.45) is 0 Å². The summed E-state index contributed by atoms with van der Waals surface area (Å²) in [5.74, 6) is 0. The Bertz CT molecular complexity index is 724. The Morgan fingerprint density at radius 2 is 1.67 bits per heavy atom. The Labute approximate surface area is 127 Å². The van der Waals surface area contributed by atoms with E-state index < -0.39 is 16.1 Å². The average Bonchev–Trinajstić information content (AvgIpc) is 2.53. The van der Waals surface area contributed by atoms with Gasteiger partial charge in [-0.1, -0.05) is 60.7 Å². The second-order valence-corrected chi connectivity index (χ2v) is 6.34. The maximum Gasteiger partial charge on any atom is 0.241 e. The number of allylic oxidation sites excluding steroid dienone is 1. The van der Waals surface area contributed by atoms with Gasteiger partial charge in [-0.15, -0.1) is 0 Å². The van der Waals surface area contributed by atoms with Crippen molar-refractivity contribution in [3.05, 3.63) is 78.4 Å². The van der Waals surface area contributed by atoms with E-state index in [0.29, 0.717) is 12.5 Å². The molecule has 3 nitrogen and oxygen atoms in total. The zero-order chi connectivity index (χ0) is 16.0. The zero-order valence-electron chi connectivity index (χ0n) is 12.9. The van der Waals surface area contributed by atoms with Crippen LogP contribution in [0.2, 0.25) is 0 Å². The van der Waals surface area contributed by atoms with Crippen molar-refractivity contribution in [2.45, 2.75) is 24.3 Å². The van der Waals surface area contributed by atoms with Crippen LogP contribution in [0.4, 0.5) is 0 Å². The molecule has 1 unspecified atom stereocenters. The van der Waals surface area contributed by atoms with E-state index in [2.05, 4.69) is 4.72 Å². The van der Waals surface area contributed by atoms with Gasteiger partial charge in [-0.05, 0) is 31.0 Å². The molecular weight excluding hydrogens is 282 g/mol. The molecule has 1 atom stereocenters. The van der Waals surface area contributed by atoms with E-state index in [1.807, 2.05) is 30.3 Å². The molecule has 0 amide bonds. The number of hydrogen-bond donors (Lipinski definition) is 1. The Morgan fingerprint density at radius 3 is 2.24 bits per heavy atom. The number of rotatable bonds is 6. The third-order valence-electron chi connectivity index (χ3n) is 3.11. The summed E-state index contributed by atoms with van der Waals surface area (Å²) in [7, 11) is -3.60. The summed E-state index contributed by atoms with van der Waals surface area (Å²) in [4.78, 5) is 0.238. The second-order valence-electron chi connectivity index (χ2n) is 4.63. The lowest BCUT2D eigenvalue weighted by Gasteiger charge is -2.18. The maximum absolute atomic E-state index is 12.5. The molecule has 0 aliphatic rings. The van der Waals surface area contributed by atoms with Gasteiger partial charge in [0.2, 0.25) is 10.0 Å². The van der Waals surface area contributed by atoms with Crippen molar-refractivity contribution in [1.82, 2.24) is 4.72 Å². The second kappa shape index (κ2) is 7.20. The van der Waals surface area contributed by atoms with Crippen LogP contribution in [0.15, 0.2) is 77.7 Å². The summed E-state index contributed by atoms with van der Waals surface area (Å²) in [6.07, 6.45) is 2.15. The van der Waals surface area contributed by atoms with Crippen LogP contribution in [-0.2, 0) is 10.0 Å².